The van der Waals surface area contributed by atoms with E-state index in [0.29, 0.717) is 0 Å². The standard InChI is InChI=1S/C46H32Si/c1-2-19-35(20-3-1)47-36-27-28-43-44(30-36)46(40-26-12-16-32-14-5-7-22-38(32)40)42-24-9-8-23-41(42)45(43)34-18-10-17-33(29-34)39-25-11-15-31-13-4-6-21-37(31)39/h1-30H,47H2. The zero-order valence-electron chi connectivity index (χ0n) is 26.0. The molecule has 0 aliphatic heterocycles. The van der Waals surface area contributed by atoms with Gasteiger partial charge in [0.15, 0.2) is 0 Å². The third-order valence-corrected chi connectivity index (χ3v) is 11.4. The van der Waals surface area contributed by atoms with Crippen molar-refractivity contribution >= 4 is 63.0 Å². The molecule has 0 aliphatic carbocycles. The predicted octanol–water partition coefficient (Wildman–Crippen LogP) is 10.4. The summed E-state index contributed by atoms with van der Waals surface area (Å²) in [6, 6.07) is 67.4. The Balaban J connectivity index is 1.35. The van der Waals surface area contributed by atoms with E-state index in [1.165, 1.54) is 86.8 Å². The fourth-order valence-corrected chi connectivity index (χ4v) is 9.05. The van der Waals surface area contributed by atoms with Crippen molar-refractivity contribution in [2.24, 2.45) is 0 Å². The van der Waals surface area contributed by atoms with Gasteiger partial charge in [0, 0.05) is 0 Å². The molecular weight excluding hydrogens is 581 g/mol. The van der Waals surface area contributed by atoms with E-state index in [1.54, 1.807) is 0 Å². The smallest absolute Gasteiger partial charge is 0.0633 e. The Morgan fingerprint density at radius 3 is 1.55 bits per heavy atom. The molecule has 9 aromatic rings. The highest BCUT2D eigenvalue weighted by molar-refractivity contribution is 6.67. The SMILES string of the molecule is c1ccc([SiH2]c2ccc3c(-c4cccc(-c5cccc6ccccc56)c4)c4ccccc4c(-c4cccc5ccccc45)c3c2)cc1. The molecule has 0 radical (unpaired) electrons. The van der Waals surface area contributed by atoms with Crippen molar-refractivity contribution in [3.05, 3.63) is 182 Å². The number of hydrogen-bond donors (Lipinski definition) is 0. The van der Waals surface area contributed by atoms with Gasteiger partial charge >= 0.3 is 0 Å². The van der Waals surface area contributed by atoms with E-state index in [1.807, 2.05) is 0 Å². The van der Waals surface area contributed by atoms with Gasteiger partial charge in [-0.05, 0) is 82.5 Å². The van der Waals surface area contributed by atoms with Crippen LogP contribution in [0.3, 0.4) is 0 Å². The van der Waals surface area contributed by atoms with Crippen LogP contribution in [0.2, 0.25) is 0 Å². The fraction of sp³-hybridized carbons (Fsp3) is 0. The van der Waals surface area contributed by atoms with Crippen molar-refractivity contribution in [2.75, 3.05) is 0 Å². The second-order valence-electron chi connectivity index (χ2n) is 12.5. The van der Waals surface area contributed by atoms with Crippen LogP contribution in [0.15, 0.2) is 182 Å². The molecule has 0 amide bonds. The summed E-state index contributed by atoms with van der Waals surface area (Å²) in [5.74, 6) is 0. The van der Waals surface area contributed by atoms with E-state index in [2.05, 4.69) is 182 Å². The first-order chi connectivity index (χ1) is 23.3. The van der Waals surface area contributed by atoms with Crippen LogP contribution in [-0.4, -0.2) is 9.52 Å². The highest BCUT2D eigenvalue weighted by Crippen LogP contribution is 2.45. The Hall–Kier alpha value is -5.76. The van der Waals surface area contributed by atoms with E-state index in [4.69, 9.17) is 0 Å². The Labute approximate surface area is 277 Å². The summed E-state index contributed by atoms with van der Waals surface area (Å²) in [4.78, 5) is 0. The Bertz CT molecular complexity index is 2590. The van der Waals surface area contributed by atoms with E-state index >= 15 is 0 Å². The van der Waals surface area contributed by atoms with Gasteiger partial charge in [-0.2, -0.15) is 0 Å². The number of hydrogen-bond acceptors (Lipinski definition) is 0. The molecule has 0 fully saturated rings. The maximum absolute atomic E-state index is 2.51. The van der Waals surface area contributed by atoms with Gasteiger partial charge in [-0.15, -0.1) is 0 Å². The van der Waals surface area contributed by atoms with Crippen molar-refractivity contribution < 1.29 is 0 Å². The fourth-order valence-electron chi connectivity index (χ4n) is 7.53. The van der Waals surface area contributed by atoms with Crippen molar-refractivity contribution in [1.29, 1.82) is 0 Å². The molecule has 9 rings (SSSR count). The number of benzene rings is 9. The van der Waals surface area contributed by atoms with Crippen LogP contribution in [0.4, 0.5) is 0 Å². The van der Waals surface area contributed by atoms with Crippen LogP contribution >= 0.6 is 0 Å². The molecule has 0 atom stereocenters. The highest BCUT2D eigenvalue weighted by Gasteiger charge is 2.19. The zero-order valence-corrected chi connectivity index (χ0v) is 27.4. The molecule has 0 heterocycles. The van der Waals surface area contributed by atoms with Gasteiger partial charge in [0.1, 0.15) is 0 Å². The first-order valence-electron chi connectivity index (χ1n) is 16.4. The third kappa shape index (κ3) is 4.84. The maximum atomic E-state index is 2.51. The Kier molecular flexibility index (Phi) is 6.77. The largest absolute Gasteiger partial charge is 0.0875 e. The molecular formula is C46H32Si. The number of fused-ring (bicyclic) bond motifs is 4. The second-order valence-corrected chi connectivity index (χ2v) is 14.5. The summed E-state index contributed by atoms with van der Waals surface area (Å²) in [6.07, 6.45) is 0. The normalized spacial score (nSPS) is 11.7. The van der Waals surface area contributed by atoms with Gasteiger partial charge in [-0.1, -0.05) is 186 Å². The van der Waals surface area contributed by atoms with E-state index in [-0.39, 0.29) is 0 Å². The number of rotatable bonds is 5. The summed E-state index contributed by atoms with van der Waals surface area (Å²) >= 11 is 0. The van der Waals surface area contributed by atoms with Crippen molar-refractivity contribution in [1.82, 2.24) is 0 Å². The van der Waals surface area contributed by atoms with E-state index < -0.39 is 9.52 Å². The average Bonchev–Trinajstić information content (AvgIpc) is 3.14. The van der Waals surface area contributed by atoms with Crippen LogP contribution in [0.1, 0.15) is 0 Å². The van der Waals surface area contributed by atoms with Crippen LogP contribution in [0, 0.1) is 0 Å². The van der Waals surface area contributed by atoms with Crippen LogP contribution in [0.25, 0.3) is 76.5 Å². The molecule has 0 unspecified atom stereocenters. The molecule has 9 aromatic carbocycles. The first-order valence-corrected chi connectivity index (χ1v) is 17.8. The third-order valence-electron chi connectivity index (χ3n) is 9.65. The zero-order chi connectivity index (χ0) is 31.2. The first kappa shape index (κ1) is 27.5. The average molecular weight is 613 g/mol. The summed E-state index contributed by atoms with van der Waals surface area (Å²) in [7, 11) is -0.647. The monoisotopic (exact) mass is 612 g/mol. The van der Waals surface area contributed by atoms with Gasteiger partial charge in [0.2, 0.25) is 0 Å². The molecule has 0 aliphatic rings. The lowest BCUT2D eigenvalue weighted by Gasteiger charge is -2.20. The van der Waals surface area contributed by atoms with Gasteiger partial charge in [-0.25, -0.2) is 0 Å². The molecule has 220 valence electrons. The van der Waals surface area contributed by atoms with Crippen molar-refractivity contribution in [2.45, 2.75) is 0 Å². The van der Waals surface area contributed by atoms with Gasteiger partial charge in [-0.3, -0.25) is 0 Å². The molecule has 0 spiro atoms. The summed E-state index contributed by atoms with van der Waals surface area (Å²) in [5, 5.41) is 13.2. The molecule has 0 aromatic heterocycles. The minimum atomic E-state index is -0.647. The van der Waals surface area contributed by atoms with Gasteiger partial charge in [0.25, 0.3) is 0 Å². The highest BCUT2D eigenvalue weighted by atomic mass is 28.2. The molecule has 0 nitrogen and oxygen atoms in total. The lowest BCUT2D eigenvalue weighted by atomic mass is 9.84. The quantitative estimate of drug-likeness (QED) is 0.134. The van der Waals surface area contributed by atoms with E-state index in [9.17, 15) is 0 Å². The summed E-state index contributed by atoms with van der Waals surface area (Å²) in [6.45, 7) is 0. The van der Waals surface area contributed by atoms with Crippen LogP contribution < -0.4 is 10.4 Å². The van der Waals surface area contributed by atoms with Crippen LogP contribution in [-0.2, 0) is 0 Å². The van der Waals surface area contributed by atoms with Crippen molar-refractivity contribution in [3.63, 3.8) is 0 Å². The summed E-state index contributed by atoms with van der Waals surface area (Å²) < 4.78 is 0. The maximum Gasteiger partial charge on any atom is 0.0875 e. The Morgan fingerprint density at radius 1 is 0.277 bits per heavy atom. The molecule has 47 heavy (non-hydrogen) atoms. The van der Waals surface area contributed by atoms with Gasteiger partial charge < -0.3 is 0 Å². The molecule has 0 saturated heterocycles. The second kappa shape index (κ2) is 11.5. The minimum Gasteiger partial charge on any atom is -0.0633 e. The molecule has 0 saturated carbocycles. The topological polar surface area (TPSA) is 0 Å². The van der Waals surface area contributed by atoms with E-state index in [0.717, 1.165) is 0 Å². The van der Waals surface area contributed by atoms with Crippen LogP contribution in [0.5, 0.6) is 0 Å². The predicted molar refractivity (Wildman–Crippen MR) is 207 cm³/mol. The lowest BCUT2D eigenvalue weighted by Crippen LogP contribution is -2.26. The Morgan fingerprint density at radius 2 is 0.809 bits per heavy atom. The molecule has 0 N–H and O–H groups in total. The molecule has 1 heteroatoms. The van der Waals surface area contributed by atoms with Gasteiger partial charge in [0.05, 0.1) is 9.52 Å². The lowest BCUT2D eigenvalue weighted by molar-refractivity contribution is 1.63. The summed E-state index contributed by atoms with van der Waals surface area (Å²) in [5.41, 5.74) is 7.66. The molecule has 0 bridgehead atoms. The van der Waals surface area contributed by atoms with Crippen molar-refractivity contribution in [3.8, 4) is 33.4 Å². The minimum absolute atomic E-state index is 0.647.